The molecule has 5 nitrogen and oxygen atoms in total. The van der Waals surface area contributed by atoms with Crippen molar-refractivity contribution in [2.75, 3.05) is 13.2 Å². The summed E-state index contributed by atoms with van der Waals surface area (Å²) in [6.07, 6.45) is 1.66. The normalized spacial score (nSPS) is 17.1. The molecule has 112 valence electrons. The minimum absolute atomic E-state index is 0.211. The van der Waals surface area contributed by atoms with Crippen LogP contribution in [-0.2, 0) is 14.3 Å². The first-order valence-corrected chi connectivity index (χ1v) is 8.11. The van der Waals surface area contributed by atoms with Crippen LogP contribution in [0.15, 0.2) is 22.4 Å². The maximum Gasteiger partial charge on any atom is 0.326 e. The molecule has 0 saturated carbocycles. The summed E-state index contributed by atoms with van der Waals surface area (Å²) in [6, 6.07) is 3.72. The number of thiophene rings is 1. The molecular formula is C14H15NO4S2. The Morgan fingerprint density at radius 2 is 2.19 bits per heavy atom. The highest BCUT2D eigenvalue weighted by Crippen LogP contribution is 2.32. The van der Waals surface area contributed by atoms with Crippen molar-refractivity contribution in [2.45, 2.75) is 13.8 Å². The predicted octanol–water partition coefficient (Wildman–Crippen LogP) is 2.98. The number of rotatable bonds is 5. The predicted molar refractivity (Wildman–Crippen MR) is 82.8 cm³/mol. The zero-order valence-corrected chi connectivity index (χ0v) is 13.3. The molecule has 0 radical (unpaired) electrons. The Bertz CT molecular complexity index is 578. The highest BCUT2D eigenvalue weighted by atomic mass is 32.2. The lowest BCUT2D eigenvalue weighted by Gasteiger charge is -2.12. The Morgan fingerprint density at radius 3 is 2.81 bits per heavy atom. The summed E-state index contributed by atoms with van der Waals surface area (Å²) in [5.41, 5.74) is 0. The number of amides is 2. The third-order valence-electron chi connectivity index (χ3n) is 2.55. The van der Waals surface area contributed by atoms with Gasteiger partial charge in [-0.05, 0) is 35.2 Å². The van der Waals surface area contributed by atoms with E-state index in [1.807, 2.05) is 31.4 Å². The molecule has 0 N–H and O–H groups in total. The van der Waals surface area contributed by atoms with Gasteiger partial charge in [0.05, 0.1) is 11.5 Å². The lowest BCUT2D eigenvalue weighted by Crippen LogP contribution is -2.34. The zero-order valence-electron chi connectivity index (χ0n) is 11.7. The van der Waals surface area contributed by atoms with E-state index in [0.717, 1.165) is 21.5 Å². The molecule has 1 aliphatic heterocycles. The highest BCUT2D eigenvalue weighted by molar-refractivity contribution is 8.18. The van der Waals surface area contributed by atoms with Crippen LogP contribution >= 0.6 is 23.1 Å². The molecule has 1 aromatic rings. The average Bonchev–Trinajstić information content (AvgIpc) is 3.01. The number of carbonyl (C=O) groups is 3. The number of ether oxygens (including phenoxy) is 1. The van der Waals surface area contributed by atoms with Crippen molar-refractivity contribution in [3.8, 4) is 0 Å². The van der Waals surface area contributed by atoms with Gasteiger partial charge in [-0.25, -0.2) is 0 Å². The first kappa shape index (κ1) is 15.8. The second-order valence-corrected chi connectivity index (χ2v) is 6.83. The van der Waals surface area contributed by atoms with E-state index in [1.54, 1.807) is 6.08 Å². The van der Waals surface area contributed by atoms with Gasteiger partial charge in [-0.3, -0.25) is 19.3 Å². The smallest absolute Gasteiger partial charge is 0.326 e. The number of hydrogen-bond acceptors (Lipinski definition) is 6. The molecule has 1 fully saturated rings. The summed E-state index contributed by atoms with van der Waals surface area (Å²) in [5, 5.41) is 1.45. The lowest BCUT2D eigenvalue weighted by atomic mass is 10.2. The van der Waals surface area contributed by atoms with Crippen molar-refractivity contribution in [1.82, 2.24) is 4.90 Å². The topological polar surface area (TPSA) is 63.7 Å². The first-order valence-electron chi connectivity index (χ1n) is 6.42. The number of carbonyl (C=O) groups excluding carboxylic acids is 3. The Kier molecular flexibility index (Phi) is 5.19. The van der Waals surface area contributed by atoms with Crippen LogP contribution in [-0.4, -0.2) is 35.2 Å². The van der Waals surface area contributed by atoms with E-state index in [2.05, 4.69) is 0 Å². The van der Waals surface area contributed by atoms with E-state index in [-0.39, 0.29) is 19.1 Å². The molecule has 0 bridgehead atoms. The van der Waals surface area contributed by atoms with E-state index in [9.17, 15) is 14.4 Å². The van der Waals surface area contributed by atoms with Gasteiger partial charge in [0.25, 0.3) is 11.1 Å². The van der Waals surface area contributed by atoms with Crippen molar-refractivity contribution in [2.24, 2.45) is 5.92 Å². The van der Waals surface area contributed by atoms with Crippen LogP contribution in [0.3, 0.4) is 0 Å². The number of esters is 1. The molecule has 2 heterocycles. The van der Waals surface area contributed by atoms with E-state index in [4.69, 9.17) is 4.74 Å². The van der Waals surface area contributed by atoms with Crippen molar-refractivity contribution < 1.29 is 19.1 Å². The molecule has 0 spiro atoms. The largest absolute Gasteiger partial charge is 0.464 e. The molecule has 0 aromatic carbocycles. The fourth-order valence-electron chi connectivity index (χ4n) is 1.57. The van der Waals surface area contributed by atoms with Crippen LogP contribution in [0.5, 0.6) is 0 Å². The van der Waals surface area contributed by atoms with E-state index >= 15 is 0 Å². The first-order chi connectivity index (χ1) is 9.97. The zero-order chi connectivity index (χ0) is 15.4. The SMILES string of the molecule is CC(C)COC(=O)CN1C(=O)SC(=Cc2cccs2)C1=O. The van der Waals surface area contributed by atoms with Gasteiger partial charge in [0.15, 0.2) is 0 Å². The van der Waals surface area contributed by atoms with Gasteiger partial charge in [0, 0.05) is 4.88 Å². The third-order valence-corrected chi connectivity index (χ3v) is 4.28. The van der Waals surface area contributed by atoms with E-state index < -0.39 is 17.1 Å². The monoisotopic (exact) mass is 325 g/mol. The molecule has 7 heteroatoms. The van der Waals surface area contributed by atoms with Gasteiger partial charge in [-0.1, -0.05) is 19.9 Å². The Morgan fingerprint density at radius 1 is 1.43 bits per heavy atom. The summed E-state index contributed by atoms with van der Waals surface area (Å²) in [6.45, 7) is 3.77. The summed E-state index contributed by atoms with van der Waals surface area (Å²) in [7, 11) is 0. The second kappa shape index (κ2) is 6.91. The van der Waals surface area contributed by atoms with Crippen molar-refractivity contribution in [3.05, 3.63) is 27.3 Å². The summed E-state index contributed by atoms with van der Waals surface area (Å²) in [4.78, 5) is 37.7. The molecule has 1 aliphatic rings. The van der Waals surface area contributed by atoms with Gasteiger partial charge >= 0.3 is 5.97 Å². The van der Waals surface area contributed by atoms with Crippen molar-refractivity contribution >= 4 is 46.3 Å². The summed E-state index contributed by atoms with van der Waals surface area (Å²) < 4.78 is 4.99. The molecule has 21 heavy (non-hydrogen) atoms. The minimum Gasteiger partial charge on any atom is -0.464 e. The molecule has 2 amide bonds. The summed E-state index contributed by atoms with van der Waals surface area (Å²) >= 11 is 2.32. The van der Waals surface area contributed by atoms with Crippen LogP contribution in [0.25, 0.3) is 6.08 Å². The highest BCUT2D eigenvalue weighted by Gasteiger charge is 2.36. The minimum atomic E-state index is -0.566. The molecule has 1 saturated heterocycles. The van der Waals surface area contributed by atoms with Gasteiger partial charge < -0.3 is 4.74 Å². The van der Waals surface area contributed by atoms with Gasteiger partial charge in [-0.15, -0.1) is 11.3 Å². The van der Waals surface area contributed by atoms with Crippen LogP contribution in [0.4, 0.5) is 4.79 Å². The number of imide groups is 1. The number of thioether (sulfide) groups is 1. The third kappa shape index (κ3) is 4.18. The number of hydrogen-bond donors (Lipinski definition) is 0. The fourth-order valence-corrected chi connectivity index (χ4v) is 3.13. The Balaban J connectivity index is 2.00. The molecule has 0 aliphatic carbocycles. The van der Waals surface area contributed by atoms with Gasteiger partial charge in [-0.2, -0.15) is 0 Å². The van der Waals surface area contributed by atoms with Gasteiger partial charge in [0.2, 0.25) is 0 Å². The lowest BCUT2D eigenvalue weighted by molar-refractivity contribution is -0.147. The molecule has 1 aromatic heterocycles. The quantitative estimate of drug-likeness (QED) is 0.615. The average molecular weight is 325 g/mol. The van der Waals surface area contributed by atoms with Crippen molar-refractivity contribution in [1.29, 1.82) is 0 Å². The Labute approximate surface area is 131 Å². The molecule has 0 atom stereocenters. The Hall–Kier alpha value is -1.60. The van der Waals surface area contributed by atoms with Gasteiger partial charge in [0.1, 0.15) is 6.54 Å². The molecule has 0 unspecified atom stereocenters. The molecular weight excluding hydrogens is 310 g/mol. The maximum absolute atomic E-state index is 12.1. The second-order valence-electron chi connectivity index (χ2n) is 4.86. The number of nitrogens with zero attached hydrogens (tertiary/aromatic N) is 1. The standard InChI is InChI=1S/C14H15NO4S2/c1-9(2)8-19-12(16)7-15-13(17)11(21-14(15)18)6-10-4-3-5-20-10/h3-6,9H,7-8H2,1-2H3. The van der Waals surface area contributed by atoms with Crippen LogP contribution in [0, 0.1) is 5.92 Å². The van der Waals surface area contributed by atoms with E-state index in [1.165, 1.54) is 11.3 Å². The van der Waals surface area contributed by atoms with Crippen LogP contribution < -0.4 is 0 Å². The van der Waals surface area contributed by atoms with Crippen LogP contribution in [0.2, 0.25) is 0 Å². The van der Waals surface area contributed by atoms with Crippen LogP contribution in [0.1, 0.15) is 18.7 Å². The van der Waals surface area contributed by atoms with Crippen molar-refractivity contribution in [3.63, 3.8) is 0 Å². The fraction of sp³-hybridized carbons (Fsp3) is 0.357. The summed E-state index contributed by atoms with van der Waals surface area (Å²) in [5.74, 6) is -0.800. The van der Waals surface area contributed by atoms with E-state index in [0.29, 0.717) is 4.91 Å². The maximum atomic E-state index is 12.1. The molecule has 2 rings (SSSR count).